The van der Waals surface area contributed by atoms with Gasteiger partial charge in [-0.2, -0.15) is 5.10 Å². The fraction of sp³-hybridized carbons (Fsp3) is 0.0909. The van der Waals surface area contributed by atoms with Crippen LogP contribution in [0.3, 0.4) is 0 Å². The van der Waals surface area contributed by atoms with Gasteiger partial charge in [0.1, 0.15) is 5.37 Å². The van der Waals surface area contributed by atoms with Crippen LogP contribution < -0.4 is 5.01 Å². The Morgan fingerprint density at radius 3 is 3.07 bits per heavy atom. The van der Waals surface area contributed by atoms with E-state index in [0.29, 0.717) is 0 Å². The first kappa shape index (κ1) is 8.73. The van der Waals surface area contributed by atoms with E-state index < -0.39 is 0 Å². The molecule has 2 aliphatic heterocycles. The monoisotopic (exact) mass is 215 g/mol. The second-order valence-corrected chi connectivity index (χ2v) is 3.84. The van der Waals surface area contributed by atoms with Crippen molar-refractivity contribution in [3.8, 4) is 0 Å². The van der Waals surface area contributed by atoms with Gasteiger partial charge in [0.15, 0.2) is 5.84 Å². The smallest absolute Gasteiger partial charge is 0.150 e. The number of hydrogen-bond acceptors (Lipinski definition) is 4. The van der Waals surface area contributed by atoms with Crippen LogP contribution in [0.1, 0.15) is 10.9 Å². The van der Waals surface area contributed by atoms with Gasteiger partial charge in [-0.05, 0) is 18.2 Å². The third-order valence-corrected chi connectivity index (χ3v) is 2.82. The number of benzene rings is 1. The Labute approximate surface area is 93.2 Å². The number of nitrogens with zero attached hydrogens (tertiary/aromatic N) is 3. The van der Waals surface area contributed by atoms with Gasteiger partial charge in [-0.3, -0.25) is 0 Å². The molecule has 2 aliphatic rings. The van der Waals surface area contributed by atoms with Crippen LogP contribution in [0.15, 0.2) is 46.5 Å². The highest BCUT2D eigenvalue weighted by Gasteiger charge is 2.24. The average molecular weight is 215 g/mol. The highest BCUT2D eigenvalue weighted by Crippen LogP contribution is 2.36. The van der Waals surface area contributed by atoms with Crippen molar-refractivity contribution in [2.24, 2.45) is 10.1 Å². The summed E-state index contributed by atoms with van der Waals surface area (Å²) in [6.45, 7) is 0. The molecule has 74 valence electrons. The van der Waals surface area contributed by atoms with Crippen molar-refractivity contribution in [2.45, 2.75) is 5.37 Å². The van der Waals surface area contributed by atoms with Crippen molar-refractivity contribution in [1.82, 2.24) is 0 Å². The molecule has 0 aliphatic carbocycles. The molecule has 0 saturated heterocycles. The summed E-state index contributed by atoms with van der Waals surface area (Å²) in [5, 5.41) is 6.03. The predicted octanol–water partition coefficient (Wildman–Crippen LogP) is 2.39. The molecule has 0 radical (unpaired) electrons. The van der Waals surface area contributed by atoms with Gasteiger partial charge in [-0.15, -0.1) is 12.6 Å². The van der Waals surface area contributed by atoms with Crippen LogP contribution in [0.4, 0.5) is 5.69 Å². The summed E-state index contributed by atoms with van der Waals surface area (Å²) in [7, 11) is 0. The lowest BCUT2D eigenvalue weighted by Gasteiger charge is -2.29. The molecule has 0 aromatic heterocycles. The Morgan fingerprint density at radius 1 is 1.27 bits per heavy atom. The zero-order valence-electron chi connectivity index (χ0n) is 7.91. The summed E-state index contributed by atoms with van der Waals surface area (Å²) in [4.78, 5) is 4.45. The van der Waals surface area contributed by atoms with Crippen molar-refractivity contribution in [1.29, 1.82) is 0 Å². The Bertz CT molecular complexity index is 490. The number of rotatable bonds is 0. The molecule has 1 aromatic rings. The number of allylic oxidation sites excluding steroid dienone is 1. The van der Waals surface area contributed by atoms with Crippen molar-refractivity contribution in [3.63, 3.8) is 0 Å². The fourth-order valence-corrected chi connectivity index (χ4v) is 2.08. The number of aliphatic imine (C=N–C) groups is 1. The summed E-state index contributed by atoms with van der Waals surface area (Å²) in [6.07, 6.45) is 5.57. The summed E-state index contributed by atoms with van der Waals surface area (Å²) >= 11 is 4.46. The Balaban J connectivity index is 2.19. The van der Waals surface area contributed by atoms with E-state index in [9.17, 15) is 0 Å². The molecule has 3 nitrogen and oxygen atoms in total. The molecule has 15 heavy (non-hydrogen) atoms. The van der Waals surface area contributed by atoms with E-state index in [-0.39, 0.29) is 5.37 Å². The number of amidine groups is 1. The van der Waals surface area contributed by atoms with Crippen molar-refractivity contribution < 1.29 is 0 Å². The summed E-state index contributed by atoms with van der Waals surface area (Å²) in [6, 6.07) is 8.05. The fourth-order valence-electron chi connectivity index (χ4n) is 1.74. The standard InChI is InChI=1S/C11H9N3S/c15-11-8-4-1-2-5-9(8)14-10(13-11)6-3-7-12-14/h1-7,11,15H. The van der Waals surface area contributed by atoms with Gasteiger partial charge in [-0.1, -0.05) is 18.2 Å². The molecule has 0 N–H and O–H groups in total. The van der Waals surface area contributed by atoms with Gasteiger partial charge in [-0.25, -0.2) is 10.0 Å². The third kappa shape index (κ3) is 1.29. The first-order chi connectivity index (χ1) is 7.36. The van der Waals surface area contributed by atoms with Crippen molar-refractivity contribution in [3.05, 3.63) is 42.0 Å². The van der Waals surface area contributed by atoms with E-state index in [1.807, 2.05) is 41.4 Å². The Kier molecular flexibility index (Phi) is 1.89. The topological polar surface area (TPSA) is 28.0 Å². The quantitative estimate of drug-likeness (QED) is 0.661. The molecular weight excluding hydrogens is 206 g/mol. The van der Waals surface area contributed by atoms with E-state index in [2.05, 4.69) is 22.7 Å². The molecule has 0 spiro atoms. The first-order valence-corrected chi connectivity index (χ1v) is 5.23. The lowest BCUT2D eigenvalue weighted by atomic mass is 10.1. The Hall–Kier alpha value is -1.55. The molecule has 0 amide bonds. The van der Waals surface area contributed by atoms with Gasteiger partial charge >= 0.3 is 0 Å². The zero-order chi connectivity index (χ0) is 10.3. The van der Waals surface area contributed by atoms with Crippen LogP contribution in [0, 0.1) is 0 Å². The van der Waals surface area contributed by atoms with E-state index in [1.165, 1.54) is 0 Å². The molecule has 1 aromatic carbocycles. The first-order valence-electron chi connectivity index (χ1n) is 4.72. The Morgan fingerprint density at radius 2 is 2.13 bits per heavy atom. The third-order valence-electron chi connectivity index (χ3n) is 2.43. The second kappa shape index (κ2) is 3.24. The lowest BCUT2D eigenvalue weighted by Crippen LogP contribution is -2.30. The van der Waals surface area contributed by atoms with Gasteiger partial charge in [0.25, 0.3) is 0 Å². The minimum absolute atomic E-state index is 0.0922. The number of thiol groups is 1. The predicted molar refractivity (Wildman–Crippen MR) is 65.7 cm³/mol. The summed E-state index contributed by atoms with van der Waals surface area (Å²) in [5.74, 6) is 0.844. The maximum absolute atomic E-state index is 4.46. The molecule has 1 atom stereocenters. The molecular formula is C11H9N3S. The number of hydrogen-bond donors (Lipinski definition) is 1. The average Bonchev–Trinajstić information content (AvgIpc) is 2.30. The molecule has 0 fully saturated rings. The van der Waals surface area contributed by atoms with Gasteiger partial charge in [0.2, 0.25) is 0 Å². The van der Waals surface area contributed by atoms with Crippen molar-refractivity contribution >= 4 is 30.4 Å². The summed E-state index contributed by atoms with van der Waals surface area (Å²) < 4.78 is 0. The maximum Gasteiger partial charge on any atom is 0.150 e. The minimum Gasteiger partial charge on any atom is -0.248 e. The molecule has 2 heterocycles. The largest absolute Gasteiger partial charge is 0.248 e. The molecule has 4 heteroatoms. The lowest BCUT2D eigenvalue weighted by molar-refractivity contribution is 0.956. The normalized spacial score (nSPS) is 22.1. The SMILES string of the molecule is SC1N=C2C=CC=NN2c2ccccc21. The minimum atomic E-state index is -0.0922. The van der Waals surface area contributed by atoms with Crippen LogP contribution in [0.5, 0.6) is 0 Å². The highest BCUT2D eigenvalue weighted by atomic mass is 32.1. The number of hydrazone groups is 1. The zero-order valence-corrected chi connectivity index (χ0v) is 8.80. The molecule has 0 bridgehead atoms. The highest BCUT2D eigenvalue weighted by molar-refractivity contribution is 7.80. The van der Waals surface area contributed by atoms with E-state index in [1.54, 1.807) is 6.21 Å². The van der Waals surface area contributed by atoms with E-state index >= 15 is 0 Å². The van der Waals surface area contributed by atoms with Crippen molar-refractivity contribution in [2.75, 3.05) is 5.01 Å². The van der Waals surface area contributed by atoms with Gasteiger partial charge in [0, 0.05) is 11.8 Å². The maximum atomic E-state index is 4.46. The number of fused-ring (bicyclic) bond motifs is 3. The van der Waals surface area contributed by atoms with Crippen LogP contribution in [0.25, 0.3) is 0 Å². The second-order valence-electron chi connectivity index (χ2n) is 3.36. The van der Waals surface area contributed by atoms with Gasteiger partial charge in [0.05, 0.1) is 5.69 Å². The van der Waals surface area contributed by atoms with E-state index in [0.717, 1.165) is 17.1 Å². The summed E-state index contributed by atoms with van der Waals surface area (Å²) in [5.41, 5.74) is 2.15. The van der Waals surface area contributed by atoms with Crippen LogP contribution in [-0.2, 0) is 0 Å². The van der Waals surface area contributed by atoms with E-state index in [4.69, 9.17) is 0 Å². The number of para-hydroxylation sites is 1. The molecule has 3 rings (SSSR count). The molecule has 0 saturated carbocycles. The van der Waals surface area contributed by atoms with Crippen LogP contribution in [-0.4, -0.2) is 12.1 Å². The number of anilines is 1. The molecule has 1 unspecified atom stereocenters. The van der Waals surface area contributed by atoms with Crippen LogP contribution >= 0.6 is 12.6 Å². The van der Waals surface area contributed by atoms with Gasteiger partial charge < -0.3 is 0 Å². The van der Waals surface area contributed by atoms with Crippen LogP contribution in [0.2, 0.25) is 0 Å².